The van der Waals surface area contributed by atoms with E-state index in [1.54, 1.807) is 0 Å². The SMILES string of the molecule is Cc1noc2nc(-c3ccccc3)cc(C(=O)NCc3cccc(CN4CCOC(C)C4)c3)c12. The molecule has 1 saturated heterocycles. The summed E-state index contributed by atoms with van der Waals surface area (Å²) in [7, 11) is 0. The molecule has 0 saturated carbocycles. The fourth-order valence-corrected chi connectivity index (χ4v) is 4.44. The zero-order valence-corrected chi connectivity index (χ0v) is 19.5. The largest absolute Gasteiger partial charge is 0.376 e. The number of rotatable bonds is 6. The molecule has 1 aliphatic rings. The van der Waals surface area contributed by atoms with Crippen LogP contribution in [0.1, 0.15) is 34.1 Å². The maximum Gasteiger partial charge on any atom is 0.259 e. The molecule has 5 rings (SSSR count). The van der Waals surface area contributed by atoms with Crippen molar-refractivity contribution in [2.75, 3.05) is 19.7 Å². The van der Waals surface area contributed by atoms with Gasteiger partial charge in [0, 0.05) is 31.7 Å². The molecule has 0 bridgehead atoms. The van der Waals surface area contributed by atoms with E-state index in [9.17, 15) is 4.79 Å². The molecule has 34 heavy (non-hydrogen) atoms. The first-order valence-electron chi connectivity index (χ1n) is 11.6. The van der Waals surface area contributed by atoms with E-state index in [-0.39, 0.29) is 12.0 Å². The van der Waals surface area contributed by atoms with E-state index in [1.165, 1.54) is 5.56 Å². The van der Waals surface area contributed by atoms with Crippen LogP contribution in [-0.4, -0.2) is 46.7 Å². The Labute approximate surface area is 198 Å². The number of aromatic nitrogens is 2. The van der Waals surface area contributed by atoms with Gasteiger partial charge in [-0.15, -0.1) is 0 Å². The van der Waals surface area contributed by atoms with E-state index in [2.05, 4.69) is 39.4 Å². The first-order chi connectivity index (χ1) is 16.6. The highest BCUT2D eigenvalue weighted by Crippen LogP contribution is 2.27. The van der Waals surface area contributed by atoms with Crippen LogP contribution >= 0.6 is 0 Å². The molecule has 1 amide bonds. The normalized spacial score (nSPS) is 16.6. The Balaban J connectivity index is 1.34. The Morgan fingerprint density at radius 1 is 1.12 bits per heavy atom. The van der Waals surface area contributed by atoms with Gasteiger partial charge in [-0.1, -0.05) is 59.8 Å². The second-order valence-electron chi connectivity index (χ2n) is 8.79. The summed E-state index contributed by atoms with van der Waals surface area (Å²) in [5, 5.41) is 7.75. The monoisotopic (exact) mass is 456 g/mol. The number of carbonyl (C=O) groups excluding carboxylic acids is 1. The second-order valence-corrected chi connectivity index (χ2v) is 8.79. The predicted molar refractivity (Wildman–Crippen MR) is 130 cm³/mol. The van der Waals surface area contributed by atoms with Gasteiger partial charge in [0.25, 0.3) is 11.6 Å². The Morgan fingerprint density at radius 3 is 2.76 bits per heavy atom. The van der Waals surface area contributed by atoms with Crippen molar-refractivity contribution in [2.24, 2.45) is 0 Å². The lowest BCUT2D eigenvalue weighted by Crippen LogP contribution is -2.40. The smallest absolute Gasteiger partial charge is 0.259 e. The van der Waals surface area contributed by atoms with Crippen molar-refractivity contribution in [3.8, 4) is 11.3 Å². The summed E-state index contributed by atoms with van der Waals surface area (Å²) in [6.45, 7) is 7.87. The molecule has 1 fully saturated rings. The third-order valence-electron chi connectivity index (χ3n) is 6.11. The number of pyridine rings is 1. The van der Waals surface area contributed by atoms with Crippen molar-refractivity contribution >= 4 is 17.0 Å². The molecule has 7 heteroatoms. The van der Waals surface area contributed by atoms with E-state index in [0.717, 1.165) is 37.4 Å². The molecule has 1 atom stereocenters. The summed E-state index contributed by atoms with van der Waals surface area (Å²) in [4.78, 5) is 20.3. The Hall–Kier alpha value is -3.55. The van der Waals surface area contributed by atoms with Gasteiger partial charge in [-0.3, -0.25) is 9.69 Å². The van der Waals surface area contributed by atoms with E-state index in [1.807, 2.05) is 55.5 Å². The zero-order valence-electron chi connectivity index (χ0n) is 19.5. The van der Waals surface area contributed by atoms with Gasteiger partial charge in [0.05, 0.1) is 35.0 Å². The molecule has 0 radical (unpaired) electrons. The highest BCUT2D eigenvalue weighted by Gasteiger charge is 2.20. The van der Waals surface area contributed by atoms with Crippen molar-refractivity contribution in [1.29, 1.82) is 0 Å². The minimum Gasteiger partial charge on any atom is -0.376 e. The van der Waals surface area contributed by atoms with Crippen molar-refractivity contribution in [1.82, 2.24) is 20.4 Å². The minimum atomic E-state index is -0.178. The van der Waals surface area contributed by atoms with E-state index in [4.69, 9.17) is 9.26 Å². The average molecular weight is 457 g/mol. The van der Waals surface area contributed by atoms with Gasteiger partial charge in [-0.25, -0.2) is 4.98 Å². The summed E-state index contributed by atoms with van der Waals surface area (Å²) in [6, 6.07) is 19.9. The lowest BCUT2D eigenvalue weighted by Gasteiger charge is -2.31. The van der Waals surface area contributed by atoms with Gasteiger partial charge in [0.1, 0.15) is 0 Å². The van der Waals surface area contributed by atoms with Crippen molar-refractivity contribution in [3.63, 3.8) is 0 Å². The number of amides is 1. The minimum absolute atomic E-state index is 0.178. The van der Waals surface area contributed by atoms with E-state index in [0.29, 0.717) is 34.6 Å². The third kappa shape index (κ3) is 4.85. The number of nitrogens with zero attached hydrogens (tertiary/aromatic N) is 3. The number of nitrogens with one attached hydrogen (secondary N) is 1. The molecule has 1 aliphatic heterocycles. The Kier molecular flexibility index (Phi) is 6.38. The quantitative estimate of drug-likeness (QED) is 0.465. The molecule has 4 aromatic rings. The topological polar surface area (TPSA) is 80.5 Å². The Bertz CT molecular complexity index is 1300. The first kappa shape index (κ1) is 22.3. The molecule has 3 heterocycles. The van der Waals surface area contributed by atoms with Crippen LogP contribution in [0.3, 0.4) is 0 Å². The van der Waals surface area contributed by atoms with Crippen LogP contribution < -0.4 is 5.32 Å². The van der Waals surface area contributed by atoms with Gasteiger partial charge in [-0.2, -0.15) is 0 Å². The summed E-state index contributed by atoms with van der Waals surface area (Å²) >= 11 is 0. The number of carbonyl (C=O) groups is 1. The van der Waals surface area contributed by atoms with Gasteiger partial charge in [-0.05, 0) is 31.0 Å². The number of morpholine rings is 1. The van der Waals surface area contributed by atoms with Gasteiger partial charge >= 0.3 is 0 Å². The standard InChI is InChI=1S/C27H28N4O3/c1-18-16-31(11-12-33-18)17-21-8-6-7-20(13-21)15-28-26(32)23-14-24(22-9-4-3-5-10-22)29-27-25(23)19(2)30-34-27/h3-10,13-14,18H,11-12,15-17H2,1-2H3,(H,28,32). The van der Waals surface area contributed by atoms with Crippen LogP contribution in [0.15, 0.2) is 65.2 Å². The molecule has 2 aromatic carbocycles. The Morgan fingerprint density at radius 2 is 1.94 bits per heavy atom. The second kappa shape index (κ2) is 9.75. The fourth-order valence-electron chi connectivity index (χ4n) is 4.44. The van der Waals surface area contributed by atoms with Gasteiger partial charge in [0.15, 0.2) is 0 Å². The van der Waals surface area contributed by atoms with Gasteiger partial charge < -0.3 is 14.6 Å². The number of benzene rings is 2. The van der Waals surface area contributed by atoms with Crippen molar-refractivity contribution < 1.29 is 14.1 Å². The first-order valence-corrected chi connectivity index (χ1v) is 11.6. The lowest BCUT2D eigenvalue weighted by atomic mass is 10.0. The summed E-state index contributed by atoms with van der Waals surface area (Å²) in [5.41, 5.74) is 5.41. The van der Waals surface area contributed by atoms with E-state index < -0.39 is 0 Å². The maximum absolute atomic E-state index is 13.3. The molecule has 0 aliphatic carbocycles. The number of hydrogen-bond donors (Lipinski definition) is 1. The summed E-state index contributed by atoms with van der Waals surface area (Å²) in [5.74, 6) is -0.178. The van der Waals surface area contributed by atoms with Crippen molar-refractivity contribution in [2.45, 2.75) is 33.0 Å². The van der Waals surface area contributed by atoms with E-state index >= 15 is 0 Å². The molecular weight excluding hydrogens is 428 g/mol. The number of fused-ring (bicyclic) bond motifs is 1. The fraction of sp³-hybridized carbons (Fsp3) is 0.296. The van der Waals surface area contributed by atoms with Crippen LogP contribution in [-0.2, 0) is 17.8 Å². The predicted octanol–water partition coefficient (Wildman–Crippen LogP) is 4.35. The molecule has 174 valence electrons. The third-order valence-corrected chi connectivity index (χ3v) is 6.11. The molecule has 1 N–H and O–H groups in total. The zero-order chi connectivity index (χ0) is 23.5. The maximum atomic E-state index is 13.3. The molecule has 0 spiro atoms. The van der Waals surface area contributed by atoms with Crippen LogP contribution in [0.4, 0.5) is 0 Å². The van der Waals surface area contributed by atoms with Crippen LogP contribution in [0, 0.1) is 6.92 Å². The molecule has 7 nitrogen and oxygen atoms in total. The highest BCUT2D eigenvalue weighted by molar-refractivity contribution is 6.06. The highest BCUT2D eigenvalue weighted by atomic mass is 16.5. The number of hydrogen-bond acceptors (Lipinski definition) is 6. The molecule has 1 unspecified atom stereocenters. The summed E-state index contributed by atoms with van der Waals surface area (Å²) < 4.78 is 11.0. The molecule has 2 aromatic heterocycles. The average Bonchev–Trinajstić information content (AvgIpc) is 3.23. The molecular formula is C27H28N4O3. The van der Waals surface area contributed by atoms with Crippen LogP contribution in [0.2, 0.25) is 0 Å². The summed E-state index contributed by atoms with van der Waals surface area (Å²) in [6.07, 6.45) is 0.259. The number of ether oxygens (including phenoxy) is 1. The van der Waals surface area contributed by atoms with Gasteiger partial charge in [0.2, 0.25) is 0 Å². The number of aryl methyl sites for hydroxylation is 1. The van der Waals surface area contributed by atoms with Crippen molar-refractivity contribution in [3.05, 3.63) is 83.0 Å². The van der Waals surface area contributed by atoms with Crippen LogP contribution in [0.5, 0.6) is 0 Å². The lowest BCUT2D eigenvalue weighted by molar-refractivity contribution is -0.0212. The van der Waals surface area contributed by atoms with Crippen LogP contribution in [0.25, 0.3) is 22.4 Å².